The first-order chi connectivity index (χ1) is 9.02. The Balaban J connectivity index is 2.51. The largest absolute Gasteiger partial charge is 0.115 e. The van der Waals surface area contributed by atoms with Crippen LogP contribution in [0.1, 0.15) is 36.1 Å². The van der Waals surface area contributed by atoms with Gasteiger partial charge in [-0.25, -0.2) is 0 Å². The van der Waals surface area contributed by atoms with E-state index in [0.29, 0.717) is 0 Å². The molecule has 0 aliphatic carbocycles. The van der Waals surface area contributed by atoms with Crippen LogP contribution < -0.4 is 0 Å². The van der Waals surface area contributed by atoms with Crippen LogP contribution in [0.4, 0.5) is 0 Å². The van der Waals surface area contributed by atoms with Gasteiger partial charge in [0.05, 0.1) is 4.87 Å². The first kappa shape index (κ1) is 13.9. The highest BCUT2D eigenvalue weighted by molar-refractivity contribution is 6.23. The summed E-state index contributed by atoms with van der Waals surface area (Å²) in [5.41, 5.74) is 4.90. The maximum Gasteiger partial charge on any atom is 0.0641 e. The van der Waals surface area contributed by atoms with Gasteiger partial charge >= 0.3 is 0 Å². The van der Waals surface area contributed by atoms with Crippen molar-refractivity contribution in [2.45, 2.75) is 25.1 Å². The van der Waals surface area contributed by atoms with Crippen molar-refractivity contribution < 1.29 is 0 Å². The molecular weight excluding hydrogens is 252 g/mol. The summed E-state index contributed by atoms with van der Waals surface area (Å²) in [5.74, 6) is 0. The van der Waals surface area contributed by atoms with Crippen LogP contribution in [0.25, 0.3) is 6.08 Å². The van der Waals surface area contributed by atoms with Gasteiger partial charge in [-0.1, -0.05) is 61.2 Å². The minimum absolute atomic E-state index is 0.372. The summed E-state index contributed by atoms with van der Waals surface area (Å²) in [7, 11) is 0. The molecule has 0 aliphatic rings. The fourth-order valence-corrected chi connectivity index (χ4v) is 2.53. The second-order valence-corrected chi connectivity index (χ2v) is 6.16. The molecule has 2 aromatic carbocycles. The van der Waals surface area contributed by atoms with E-state index in [9.17, 15) is 0 Å². The number of hydrogen-bond acceptors (Lipinski definition) is 0. The van der Waals surface area contributed by atoms with Gasteiger partial charge < -0.3 is 0 Å². The van der Waals surface area contributed by atoms with Crippen molar-refractivity contribution in [3.8, 4) is 0 Å². The Hall–Kier alpha value is -1.53. The van der Waals surface area contributed by atoms with Gasteiger partial charge in [0.15, 0.2) is 0 Å². The van der Waals surface area contributed by atoms with E-state index in [4.69, 9.17) is 11.6 Å². The van der Waals surface area contributed by atoms with E-state index in [-0.39, 0.29) is 4.87 Å². The molecule has 0 saturated heterocycles. The second-order valence-electron chi connectivity index (χ2n) is 5.21. The molecule has 98 valence electrons. The number of benzene rings is 2. The zero-order valence-corrected chi connectivity index (χ0v) is 12.2. The van der Waals surface area contributed by atoms with Crippen molar-refractivity contribution in [3.63, 3.8) is 0 Å². The number of hydrogen-bond donors (Lipinski definition) is 0. The van der Waals surface area contributed by atoms with Crippen LogP contribution in [-0.4, -0.2) is 0 Å². The zero-order chi connectivity index (χ0) is 13.9. The van der Waals surface area contributed by atoms with Crippen LogP contribution in [0, 0.1) is 0 Å². The molecule has 0 fully saturated rings. The van der Waals surface area contributed by atoms with Crippen LogP contribution in [0.15, 0.2) is 55.1 Å². The normalized spacial score (nSPS) is 11.3. The third-order valence-electron chi connectivity index (χ3n) is 3.30. The molecule has 2 rings (SSSR count). The predicted molar refractivity (Wildman–Crippen MR) is 84.7 cm³/mol. The van der Waals surface area contributed by atoms with E-state index in [1.54, 1.807) is 0 Å². The van der Waals surface area contributed by atoms with Crippen molar-refractivity contribution in [2.75, 3.05) is 0 Å². The zero-order valence-electron chi connectivity index (χ0n) is 11.5. The summed E-state index contributed by atoms with van der Waals surface area (Å²) < 4.78 is 0. The summed E-state index contributed by atoms with van der Waals surface area (Å²) >= 11 is 6.52. The Morgan fingerprint density at radius 1 is 1.05 bits per heavy atom. The van der Waals surface area contributed by atoms with Gasteiger partial charge in [0, 0.05) is 0 Å². The Morgan fingerprint density at radius 3 is 2.32 bits per heavy atom. The summed E-state index contributed by atoms with van der Waals surface area (Å²) in [6, 6.07) is 16.7. The van der Waals surface area contributed by atoms with E-state index >= 15 is 0 Å². The van der Waals surface area contributed by atoms with Gasteiger partial charge in [-0.3, -0.25) is 0 Å². The molecule has 0 heterocycles. The smallest absolute Gasteiger partial charge is 0.0641 e. The summed E-state index contributed by atoms with van der Waals surface area (Å²) in [6.07, 6.45) is 2.79. The molecule has 0 radical (unpaired) electrons. The molecule has 0 saturated carbocycles. The molecule has 2 aromatic rings. The summed E-state index contributed by atoms with van der Waals surface area (Å²) in [5, 5.41) is 0. The molecule has 19 heavy (non-hydrogen) atoms. The lowest BCUT2D eigenvalue weighted by Gasteiger charge is -2.22. The van der Waals surface area contributed by atoms with Gasteiger partial charge in [0.1, 0.15) is 0 Å². The molecule has 0 nitrogen and oxygen atoms in total. The third kappa shape index (κ3) is 3.27. The first-order valence-electron chi connectivity index (χ1n) is 6.50. The highest BCUT2D eigenvalue weighted by Crippen LogP contribution is 2.33. The van der Waals surface area contributed by atoms with Gasteiger partial charge in [-0.15, -0.1) is 11.6 Å². The van der Waals surface area contributed by atoms with Crippen molar-refractivity contribution in [1.29, 1.82) is 0 Å². The highest BCUT2D eigenvalue weighted by Gasteiger charge is 2.21. The highest BCUT2D eigenvalue weighted by atomic mass is 35.5. The average molecular weight is 271 g/mol. The van der Waals surface area contributed by atoms with E-state index in [1.807, 2.05) is 32.1 Å². The standard InChI is InChI=1S/C18H19Cl/c1-4-15-11-8-12-17(18(2,3)19)16(15)13-14-9-6-5-7-10-14/h4-12H,1,13H2,2-3H3. The lowest BCUT2D eigenvalue weighted by atomic mass is 9.89. The molecular formula is C18H19Cl. The fraction of sp³-hybridized carbons (Fsp3) is 0.222. The van der Waals surface area contributed by atoms with Crippen molar-refractivity contribution in [2.24, 2.45) is 0 Å². The topological polar surface area (TPSA) is 0 Å². The van der Waals surface area contributed by atoms with Crippen molar-refractivity contribution in [1.82, 2.24) is 0 Å². The van der Waals surface area contributed by atoms with Crippen LogP contribution in [0.3, 0.4) is 0 Å². The molecule has 0 unspecified atom stereocenters. The van der Waals surface area contributed by atoms with E-state index in [1.165, 1.54) is 16.7 Å². The van der Waals surface area contributed by atoms with Crippen molar-refractivity contribution in [3.05, 3.63) is 77.4 Å². The van der Waals surface area contributed by atoms with Crippen LogP contribution in [0.2, 0.25) is 0 Å². The molecule has 1 heteroatoms. The third-order valence-corrected chi connectivity index (χ3v) is 3.50. The molecule has 0 N–H and O–H groups in total. The lowest BCUT2D eigenvalue weighted by Crippen LogP contribution is -2.12. The molecule has 0 aromatic heterocycles. The summed E-state index contributed by atoms with van der Waals surface area (Å²) in [6.45, 7) is 7.98. The van der Waals surface area contributed by atoms with E-state index < -0.39 is 0 Å². The van der Waals surface area contributed by atoms with Crippen LogP contribution in [-0.2, 0) is 11.3 Å². The van der Waals surface area contributed by atoms with Gasteiger partial charge in [0.2, 0.25) is 0 Å². The SMILES string of the molecule is C=Cc1cccc(C(C)(C)Cl)c1Cc1ccccc1. The van der Waals surface area contributed by atoms with Gasteiger partial charge in [-0.05, 0) is 42.5 Å². The molecule has 0 aliphatic heterocycles. The van der Waals surface area contributed by atoms with Gasteiger partial charge in [0.25, 0.3) is 0 Å². The maximum atomic E-state index is 6.52. The second kappa shape index (κ2) is 5.63. The molecule has 0 atom stereocenters. The van der Waals surface area contributed by atoms with Crippen molar-refractivity contribution >= 4 is 17.7 Å². The number of alkyl halides is 1. The molecule has 0 spiro atoms. The molecule has 0 bridgehead atoms. The maximum absolute atomic E-state index is 6.52. The lowest BCUT2D eigenvalue weighted by molar-refractivity contribution is 0.753. The van der Waals surface area contributed by atoms with Crippen LogP contribution >= 0.6 is 11.6 Å². The van der Waals surface area contributed by atoms with E-state index in [2.05, 4.69) is 43.0 Å². The monoisotopic (exact) mass is 270 g/mol. The summed E-state index contributed by atoms with van der Waals surface area (Å²) in [4.78, 5) is -0.372. The number of halogens is 1. The Morgan fingerprint density at radius 2 is 1.74 bits per heavy atom. The Bertz CT molecular complexity index is 562. The average Bonchev–Trinajstić information content (AvgIpc) is 2.39. The van der Waals surface area contributed by atoms with E-state index in [0.717, 1.165) is 12.0 Å². The Kier molecular flexibility index (Phi) is 4.11. The van der Waals surface area contributed by atoms with Gasteiger partial charge in [-0.2, -0.15) is 0 Å². The van der Waals surface area contributed by atoms with Crippen LogP contribution in [0.5, 0.6) is 0 Å². The fourth-order valence-electron chi connectivity index (χ4n) is 2.35. The quantitative estimate of drug-likeness (QED) is 0.653. The minimum Gasteiger partial charge on any atom is -0.115 e. The minimum atomic E-state index is -0.372. The molecule has 0 amide bonds. The Labute approximate surface area is 120 Å². The number of rotatable bonds is 4. The predicted octanol–water partition coefficient (Wildman–Crippen LogP) is 5.39. The first-order valence-corrected chi connectivity index (χ1v) is 6.88.